The molecule has 2 nitrogen and oxygen atoms in total. The maximum Gasteiger partial charge on any atom is 0.302 e. The zero-order valence-electron chi connectivity index (χ0n) is 14.1. The molecule has 2 saturated carbocycles. The number of ether oxygens (including phenoxy) is 1. The van der Waals surface area contributed by atoms with Gasteiger partial charge in [-0.3, -0.25) is 4.79 Å². The van der Waals surface area contributed by atoms with E-state index in [1.165, 1.54) is 71.1 Å². The summed E-state index contributed by atoms with van der Waals surface area (Å²) in [6.45, 7) is 4.46. The number of carbonyl (C=O) groups excluding carboxylic acids is 1. The highest BCUT2D eigenvalue weighted by Crippen LogP contribution is 2.42. The summed E-state index contributed by atoms with van der Waals surface area (Å²) in [6.07, 6.45) is 15.4. The summed E-state index contributed by atoms with van der Waals surface area (Å²) in [5, 5.41) is 0. The molecule has 122 valence electrons. The molecule has 2 aliphatic rings. The molecule has 0 amide bonds. The highest BCUT2D eigenvalue weighted by Gasteiger charge is 2.30. The van der Waals surface area contributed by atoms with Gasteiger partial charge in [0.1, 0.15) is 0 Å². The summed E-state index contributed by atoms with van der Waals surface area (Å²) >= 11 is 0. The van der Waals surface area contributed by atoms with Crippen molar-refractivity contribution in [2.45, 2.75) is 84.5 Å². The van der Waals surface area contributed by atoms with Crippen LogP contribution in [-0.4, -0.2) is 12.6 Å². The lowest BCUT2D eigenvalue weighted by molar-refractivity contribution is -0.141. The van der Waals surface area contributed by atoms with Gasteiger partial charge in [-0.25, -0.2) is 0 Å². The highest BCUT2D eigenvalue weighted by molar-refractivity contribution is 5.65. The highest BCUT2D eigenvalue weighted by atomic mass is 16.5. The van der Waals surface area contributed by atoms with E-state index in [0.717, 1.165) is 30.1 Å². The third kappa shape index (κ3) is 5.64. The van der Waals surface area contributed by atoms with Crippen LogP contribution in [-0.2, 0) is 9.53 Å². The van der Waals surface area contributed by atoms with Gasteiger partial charge in [0.05, 0.1) is 6.61 Å². The van der Waals surface area contributed by atoms with E-state index in [1.807, 2.05) is 0 Å². The molecule has 2 heteroatoms. The van der Waals surface area contributed by atoms with Gasteiger partial charge in [-0.2, -0.15) is 0 Å². The number of hydrogen-bond donors (Lipinski definition) is 0. The van der Waals surface area contributed by atoms with Crippen LogP contribution in [0.4, 0.5) is 0 Å². The Balaban J connectivity index is 1.62. The molecule has 0 saturated heterocycles. The second-order valence-corrected chi connectivity index (χ2v) is 7.48. The Labute approximate surface area is 131 Å². The molecular formula is C19H34O2. The molecule has 0 radical (unpaired) electrons. The zero-order valence-corrected chi connectivity index (χ0v) is 14.1. The summed E-state index contributed by atoms with van der Waals surface area (Å²) in [4.78, 5) is 10.8. The predicted molar refractivity (Wildman–Crippen MR) is 87.1 cm³/mol. The van der Waals surface area contributed by atoms with Crippen molar-refractivity contribution in [3.63, 3.8) is 0 Å². The van der Waals surface area contributed by atoms with Crippen LogP contribution in [0, 0.1) is 23.7 Å². The van der Waals surface area contributed by atoms with Crippen molar-refractivity contribution in [3.05, 3.63) is 0 Å². The van der Waals surface area contributed by atoms with Gasteiger partial charge in [0, 0.05) is 6.92 Å². The quantitative estimate of drug-likeness (QED) is 0.617. The van der Waals surface area contributed by atoms with Crippen LogP contribution < -0.4 is 0 Å². The molecule has 0 aromatic rings. The summed E-state index contributed by atoms with van der Waals surface area (Å²) in [7, 11) is 0. The Morgan fingerprint density at radius 3 is 1.76 bits per heavy atom. The van der Waals surface area contributed by atoms with E-state index in [0.29, 0.717) is 6.61 Å². The van der Waals surface area contributed by atoms with Crippen molar-refractivity contribution >= 4 is 5.97 Å². The Morgan fingerprint density at radius 2 is 1.33 bits per heavy atom. The monoisotopic (exact) mass is 294 g/mol. The van der Waals surface area contributed by atoms with Crippen LogP contribution in [0.1, 0.15) is 84.5 Å². The van der Waals surface area contributed by atoms with E-state index in [-0.39, 0.29) is 5.97 Å². The Morgan fingerprint density at radius 1 is 0.857 bits per heavy atom. The van der Waals surface area contributed by atoms with Crippen LogP contribution in [0.15, 0.2) is 0 Å². The normalized spacial score (nSPS) is 33.6. The van der Waals surface area contributed by atoms with Crippen LogP contribution >= 0.6 is 0 Å². The second-order valence-electron chi connectivity index (χ2n) is 7.48. The topological polar surface area (TPSA) is 26.3 Å². The zero-order chi connectivity index (χ0) is 15.1. The summed E-state index contributed by atoms with van der Waals surface area (Å²) in [5.41, 5.74) is 0. The van der Waals surface area contributed by atoms with Crippen LogP contribution in [0.5, 0.6) is 0 Å². The minimum atomic E-state index is -0.132. The molecule has 0 aliphatic heterocycles. The minimum absolute atomic E-state index is 0.132. The lowest BCUT2D eigenvalue weighted by Gasteiger charge is -2.38. The van der Waals surface area contributed by atoms with E-state index in [4.69, 9.17) is 4.74 Å². The van der Waals surface area contributed by atoms with Crippen molar-refractivity contribution in [2.75, 3.05) is 6.61 Å². The average molecular weight is 294 g/mol. The maximum absolute atomic E-state index is 10.8. The SMILES string of the molecule is CCC[C@H]1CC[C@H]([C@H]2CC[C@H](CCOC(C)=O)CC2)CC1. The van der Waals surface area contributed by atoms with E-state index in [9.17, 15) is 4.79 Å². The van der Waals surface area contributed by atoms with Gasteiger partial charge in [-0.1, -0.05) is 45.4 Å². The van der Waals surface area contributed by atoms with Gasteiger partial charge in [-0.15, -0.1) is 0 Å². The molecular weight excluding hydrogens is 260 g/mol. The van der Waals surface area contributed by atoms with E-state index < -0.39 is 0 Å². The lowest BCUT2D eigenvalue weighted by atomic mass is 9.68. The first kappa shape index (κ1) is 16.8. The van der Waals surface area contributed by atoms with Crippen molar-refractivity contribution in [2.24, 2.45) is 23.7 Å². The van der Waals surface area contributed by atoms with Crippen molar-refractivity contribution in [1.29, 1.82) is 0 Å². The average Bonchev–Trinajstić information content (AvgIpc) is 2.49. The van der Waals surface area contributed by atoms with Crippen molar-refractivity contribution in [1.82, 2.24) is 0 Å². The number of rotatable bonds is 6. The van der Waals surface area contributed by atoms with Crippen LogP contribution in [0.25, 0.3) is 0 Å². The fourth-order valence-corrected chi connectivity index (χ4v) is 4.67. The molecule has 0 spiro atoms. The fraction of sp³-hybridized carbons (Fsp3) is 0.947. The standard InChI is InChI=1S/C19H34O2/c1-3-4-16-5-9-18(10-6-16)19-11-7-17(8-12-19)13-14-21-15(2)20/h16-19H,3-14H2,1-2H3/t16-,17-,18-,19-. The van der Waals surface area contributed by atoms with E-state index in [2.05, 4.69) is 6.92 Å². The Kier molecular flexibility index (Phi) is 7.06. The van der Waals surface area contributed by atoms with Gasteiger partial charge >= 0.3 is 5.97 Å². The number of hydrogen-bond acceptors (Lipinski definition) is 2. The van der Waals surface area contributed by atoms with Crippen molar-refractivity contribution in [3.8, 4) is 0 Å². The number of esters is 1. The fourth-order valence-electron chi connectivity index (χ4n) is 4.67. The summed E-state index contributed by atoms with van der Waals surface area (Å²) in [6, 6.07) is 0. The maximum atomic E-state index is 10.8. The molecule has 2 fully saturated rings. The van der Waals surface area contributed by atoms with Gasteiger partial charge in [0.15, 0.2) is 0 Å². The Bertz CT molecular complexity index is 297. The number of carbonyl (C=O) groups is 1. The smallest absolute Gasteiger partial charge is 0.302 e. The second kappa shape index (κ2) is 8.80. The molecule has 0 aromatic heterocycles. The van der Waals surface area contributed by atoms with E-state index >= 15 is 0 Å². The first-order valence-electron chi connectivity index (χ1n) is 9.32. The largest absolute Gasteiger partial charge is 0.466 e. The first-order valence-corrected chi connectivity index (χ1v) is 9.32. The van der Waals surface area contributed by atoms with Crippen molar-refractivity contribution < 1.29 is 9.53 Å². The molecule has 0 atom stereocenters. The van der Waals surface area contributed by atoms with Gasteiger partial charge in [0.25, 0.3) is 0 Å². The van der Waals surface area contributed by atoms with Gasteiger partial charge < -0.3 is 4.74 Å². The summed E-state index contributed by atoms with van der Waals surface area (Å²) < 4.78 is 5.08. The molecule has 21 heavy (non-hydrogen) atoms. The molecule has 0 heterocycles. The van der Waals surface area contributed by atoms with Crippen LogP contribution in [0.3, 0.4) is 0 Å². The molecule has 0 aromatic carbocycles. The molecule has 2 rings (SSSR count). The molecule has 0 unspecified atom stereocenters. The van der Waals surface area contributed by atoms with Gasteiger partial charge in [0.2, 0.25) is 0 Å². The molecule has 0 N–H and O–H groups in total. The van der Waals surface area contributed by atoms with Crippen LogP contribution in [0.2, 0.25) is 0 Å². The first-order chi connectivity index (χ1) is 10.2. The molecule has 2 aliphatic carbocycles. The Hall–Kier alpha value is -0.530. The predicted octanol–water partition coefficient (Wildman–Crippen LogP) is 5.35. The third-order valence-electron chi connectivity index (χ3n) is 5.98. The van der Waals surface area contributed by atoms with E-state index in [1.54, 1.807) is 0 Å². The third-order valence-corrected chi connectivity index (χ3v) is 5.98. The molecule has 0 bridgehead atoms. The summed E-state index contributed by atoms with van der Waals surface area (Å²) in [5.74, 6) is 3.72. The van der Waals surface area contributed by atoms with Gasteiger partial charge in [-0.05, 0) is 55.8 Å². The lowest BCUT2D eigenvalue weighted by Crippen LogP contribution is -2.26. The minimum Gasteiger partial charge on any atom is -0.466 e.